The minimum atomic E-state index is -0.567. The van der Waals surface area contributed by atoms with Gasteiger partial charge >= 0.3 is 12.1 Å². The van der Waals surface area contributed by atoms with Crippen LogP contribution < -0.4 is 0 Å². The fourth-order valence-electron chi connectivity index (χ4n) is 2.29. The van der Waals surface area contributed by atoms with Gasteiger partial charge in [0.2, 0.25) is 0 Å². The largest absolute Gasteiger partial charge is 0.466 e. The van der Waals surface area contributed by atoms with Crippen LogP contribution in [-0.2, 0) is 14.3 Å². The zero-order valence-electron chi connectivity index (χ0n) is 13.9. The zero-order valence-corrected chi connectivity index (χ0v) is 13.9. The lowest BCUT2D eigenvalue weighted by atomic mass is 10.1. The van der Waals surface area contributed by atoms with Crippen LogP contribution in [0, 0.1) is 0 Å². The maximum absolute atomic E-state index is 13.2. The molecule has 1 saturated heterocycles. The summed E-state index contributed by atoms with van der Waals surface area (Å²) in [7, 11) is 0. The van der Waals surface area contributed by atoms with Crippen molar-refractivity contribution in [2.45, 2.75) is 45.8 Å². The van der Waals surface area contributed by atoms with Crippen LogP contribution in [0.25, 0.3) is 0 Å². The van der Waals surface area contributed by atoms with Crippen molar-refractivity contribution in [3.05, 3.63) is 0 Å². The first-order valence-corrected chi connectivity index (χ1v) is 7.70. The van der Waals surface area contributed by atoms with E-state index in [0.717, 1.165) is 0 Å². The number of piperazine rings is 1. The second-order valence-electron chi connectivity index (χ2n) is 6.33. The number of nitrogens with zero attached hydrogens (tertiary/aromatic N) is 2. The number of alkyl halides is 1. The summed E-state index contributed by atoms with van der Waals surface area (Å²) in [5, 5.41) is 0. The van der Waals surface area contributed by atoms with Gasteiger partial charge in [-0.25, -0.2) is 9.18 Å². The molecule has 0 aromatic carbocycles. The fraction of sp³-hybridized carbons (Fsp3) is 0.867. The smallest absolute Gasteiger partial charge is 0.410 e. The van der Waals surface area contributed by atoms with Crippen molar-refractivity contribution in [3.63, 3.8) is 0 Å². The number of amides is 1. The molecule has 6 nitrogen and oxygen atoms in total. The zero-order chi connectivity index (χ0) is 16.8. The van der Waals surface area contributed by atoms with Crippen molar-refractivity contribution in [1.29, 1.82) is 0 Å². The highest BCUT2D eigenvalue weighted by Gasteiger charge is 2.32. The number of carbonyl (C=O) groups is 2. The summed E-state index contributed by atoms with van der Waals surface area (Å²) in [6.45, 7) is 8.63. The van der Waals surface area contributed by atoms with Gasteiger partial charge in [0.05, 0.1) is 19.1 Å². The predicted octanol–water partition coefficient (Wildman–Crippen LogP) is 1.83. The number of halogens is 1. The number of esters is 1. The van der Waals surface area contributed by atoms with Gasteiger partial charge in [0.25, 0.3) is 0 Å². The monoisotopic (exact) mass is 318 g/mol. The van der Waals surface area contributed by atoms with E-state index in [0.29, 0.717) is 26.2 Å². The summed E-state index contributed by atoms with van der Waals surface area (Å²) in [6.07, 6.45) is -0.187. The van der Waals surface area contributed by atoms with Crippen LogP contribution in [-0.4, -0.2) is 73.0 Å². The first-order valence-electron chi connectivity index (χ1n) is 7.70. The molecule has 0 aliphatic carbocycles. The Balaban J connectivity index is 2.49. The maximum Gasteiger partial charge on any atom is 0.410 e. The summed E-state index contributed by atoms with van der Waals surface area (Å²) < 4.78 is 23.4. The third-order valence-corrected chi connectivity index (χ3v) is 3.34. The first kappa shape index (κ1) is 18.7. The Morgan fingerprint density at radius 3 is 2.50 bits per heavy atom. The molecule has 1 atom stereocenters. The van der Waals surface area contributed by atoms with Crippen LogP contribution in [0.4, 0.5) is 9.18 Å². The summed E-state index contributed by atoms with van der Waals surface area (Å²) >= 11 is 0. The van der Waals surface area contributed by atoms with E-state index in [1.807, 2.05) is 4.90 Å². The second kappa shape index (κ2) is 8.31. The van der Waals surface area contributed by atoms with E-state index >= 15 is 0 Å². The molecule has 0 radical (unpaired) electrons. The van der Waals surface area contributed by atoms with Gasteiger partial charge < -0.3 is 14.4 Å². The lowest BCUT2D eigenvalue weighted by Crippen LogP contribution is -2.56. The topological polar surface area (TPSA) is 59.1 Å². The Labute approximate surface area is 131 Å². The van der Waals surface area contributed by atoms with Gasteiger partial charge in [-0.15, -0.1) is 0 Å². The molecule has 1 aliphatic heterocycles. The van der Waals surface area contributed by atoms with E-state index in [1.54, 1.807) is 27.7 Å². The standard InChI is InChI=1S/C15H27FN2O4/c1-5-21-13(19)6-7-17-8-9-18(11-12(17)10-16)14(20)22-15(2,3)4/h12H,5-11H2,1-4H3/t12-/m1/s1. The van der Waals surface area contributed by atoms with Crippen LogP contribution in [0.5, 0.6) is 0 Å². The quantitative estimate of drug-likeness (QED) is 0.724. The number of carbonyl (C=O) groups excluding carboxylic acids is 2. The average Bonchev–Trinajstić information content (AvgIpc) is 2.43. The maximum atomic E-state index is 13.2. The molecule has 128 valence electrons. The molecule has 7 heteroatoms. The van der Waals surface area contributed by atoms with Crippen molar-refractivity contribution in [2.24, 2.45) is 0 Å². The molecule has 1 amide bonds. The molecule has 0 aromatic heterocycles. The van der Waals surface area contributed by atoms with Crippen LogP contribution in [0.2, 0.25) is 0 Å². The normalized spacial score (nSPS) is 19.9. The Kier molecular flexibility index (Phi) is 7.06. The summed E-state index contributed by atoms with van der Waals surface area (Å²) in [4.78, 5) is 26.8. The number of hydrogen-bond donors (Lipinski definition) is 0. The number of rotatable bonds is 5. The van der Waals surface area contributed by atoms with E-state index in [9.17, 15) is 14.0 Å². The van der Waals surface area contributed by atoms with Gasteiger partial charge in [-0.05, 0) is 27.7 Å². The van der Waals surface area contributed by atoms with Crippen LogP contribution in [0.15, 0.2) is 0 Å². The fourth-order valence-corrected chi connectivity index (χ4v) is 2.29. The van der Waals surface area contributed by atoms with Gasteiger partial charge in [-0.2, -0.15) is 0 Å². The minimum absolute atomic E-state index is 0.233. The molecule has 0 aromatic rings. The van der Waals surface area contributed by atoms with E-state index in [-0.39, 0.29) is 18.9 Å². The van der Waals surface area contributed by atoms with E-state index in [1.165, 1.54) is 4.90 Å². The summed E-state index contributed by atoms with van der Waals surface area (Å²) in [5.41, 5.74) is -0.566. The molecule has 1 rings (SSSR count). The molecule has 0 saturated carbocycles. The van der Waals surface area contributed by atoms with Crippen molar-refractivity contribution in [3.8, 4) is 0 Å². The second-order valence-corrected chi connectivity index (χ2v) is 6.33. The lowest BCUT2D eigenvalue weighted by molar-refractivity contribution is -0.143. The van der Waals surface area contributed by atoms with Gasteiger partial charge in [0, 0.05) is 26.2 Å². The number of hydrogen-bond acceptors (Lipinski definition) is 5. The third kappa shape index (κ3) is 6.17. The molecule has 1 heterocycles. The highest BCUT2D eigenvalue weighted by molar-refractivity contribution is 5.69. The highest BCUT2D eigenvalue weighted by Crippen LogP contribution is 2.15. The van der Waals surface area contributed by atoms with Crippen LogP contribution >= 0.6 is 0 Å². The van der Waals surface area contributed by atoms with Crippen molar-refractivity contribution in [2.75, 3.05) is 39.5 Å². The Morgan fingerprint density at radius 1 is 1.27 bits per heavy atom. The van der Waals surface area contributed by atoms with Crippen molar-refractivity contribution < 1.29 is 23.5 Å². The molecule has 22 heavy (non-hydrogen) atoms. The molecular weight excluding hydrogens is 291 g/mol. The van der Waals surface area contributed by atoms with Gasteiger partial charge in [0.15, 0.2) is 0 Å². The Hall–Kier alpha value is -1.37. The highest BCUT2D eigenvalue weighted by atomic mass is 19.1. The van der Waals surface area contributed by atoms with E-state index in [2.05, 4.69) is 0 Å². The molecule has 0 bridgehead atoms. The van der Waals surface area contributed by atoms with Gasteiger partial charge in [0.1, 0.15) is 12.3 Å². The summed E-state index contributed by atoms with van der Waals surface area (Å²) in [5.74, 6) is -0.283. The van der Waals surface area contributed by atoms with Gasteiger partial charge in [-0.1, -0.05) is 0 Å². The molecule has 0 unspecified atom stereocenters. The van der Waals surface area contributed by atoms with Crippen molar-refractivity contribution in [1.82, 2.24) is 9.80 Å². The average molecular weight is 318 g/mol. The minimum Gasteiger partial charge on any atom is -0.466 e. The predicted molar refractivity (Wildman–Crippen MR) is 80.4 cm³/mol. The Morgan fingerprint density at radius 2 is 1.95 bits per heavy atom. The first-order chi connectivity index (χ1) is 10.3. The molecule has 1 aliphatic rings. The van der Waals surface area contributed by atoms with Gasteiger partial charge in [-0.3, -0.25) is 9.69 Å². The summed E-state index contributed by atoms with van der Waals surface area (Å²) in [6, 6.07) is -0.407. The third-order valence-electron chi connectivity index (χ3n) is 3.34. The lowest BCUT2D eigenvalue weighted by Gasteiger charge is -2.40. The Bertz CT molecular complexity index is 384. The molecular formula is C15H27FN2O4. The van der Waals surface area contributed by atoms with E-state index < -0.39 is 24.4 Å². The molecule has 1 fully saturated rings. The van der Waals surface area contributed by atoms with Crippen LogP contribution in [0.1, 0.15) is 34.1 Å². The SMILES string of the molecule is CCOC(=O)CCN1CCN(C(=O)OC(C)(C)C)C[C@H]1CF. The van der Waals surface area contributed by atoms with Crippen molar-refractivity contribution >= 4 is 12.1 Å². The molecule has 0 spiro atoms. The number of ether oxygens (including phenoxy) is 2. The molecule has 0 N–H and O–H groups in total. The van der Waals surface area contributed by atoms with Crippen LogP contribution in [0.3, 0.4) is 0 Å². The van der Waals surface area contributed by atoms with E-state index in [4.69, 9.17) is 9.47 Å².